The van der Waals surface area contributed by atoms with E-state index in [1.165, 1.54) is 19.4 Å². The van der Waals surface area contributed by atoms with Crippen LogP contribution in [-0.2, 0) is 0 Å². The summed E-state index contributed by atoms with van der Waals surface area (Å²) in [5.41, 5.74) is 0. The highest BCUT2D eigenvalue weighted by Gasteiger charge is 2.13. The van der Waals surface area contributed by atoms with Crippen molar-refractivity contribution < 1.29 is 0 Å². The van der Waals surface area contributed by atoms with Crippen LogP contribution >= 0.6 is 0 Å². The Labute approximate surface area is 71.8 Å². The lowest BCUT2D eigenvalue weighted by atomic mass is 10.1. The second kappa shape index (κ2) is 5.59. The summed E-state index contributed by atoms with van der Waals surface area (Å²) in [4.78, 5) is 2.57. The van der Waals surface area contributed by atoms with E-state index < -0.39 is 0 Å². The maximum Gasteiger partial charge on any atom is 0.00670 e. The van der Waals surface area contributed by atoms with E-state index in [1.807, 2.05) is 0 Å². The van der Waals surface area contributed by atoms with Gasteiger partial charge >= 0.3 is 0 Å². The molecule has 0 aliphatic carbocycles. The molecular formula is C10H23N. The zero-order chi connectivity index (χ0) is 8.85. The fourth-order valence-corrected chi connectivity index (χ4v) is 1.48. The average Bonchev–Trinajstić information content (AvgIpc) is 1.98. The van der Waals surface area contributed by atoms with Crippen molar-refractivity contribution in [1.29, 1.82) is 0 Å². The van der Waals surface area contributed by atoms with Crippen LogP contribution < -0.4 is 0 Å². The summed E-state index contributed by atoms with van der Waals surface area (Å²) in [6.07, 6.45) is 2.53. The fourth-order valence-electron chi connectivity index (χ4n) is 1.48. The van der Waals surface area contributed by atoms with Crippen molar-refractivity contribution in [1.82, 2.24) is 4.90 Å². The smallest absolute Gasteiger partial charge is 0.00670 e. The van der Waals surface area contributed by atoms with Gasteiger partial charge in [-0.3, -0.25) is 4.90 Å². The molecule has 0 bridgehead atoms. The number of rotatable bonds is 5. The Kier molecular flexibility index (Phi) is 5.57. The molecule has 0 saturated carbocycles. The van der Waals surface area contributed by atoms with Crippen molar-refractivity contribution in [2.75, 3.05) is 6.54 Å². The maximum absolute atomic E-state index is 2.57. The van der Waals surface area contributed by atoms with Crippen LogP contribution in [0.2, 0.25) is 0 Å². The Morgan fingerprint density at radius 3 is 1.91 bits per heavy atom. The SMILES string of the molecule is CCCN(C(C)C)[C@H](C)CC. The van der Waals surface area contributed by atoms with Crippen LogP contribution in [0.1, 0.15) is 47.5 Å². The molecule has 1 atom stereocenters. The second-order valence-electron chi connectivity index (χ2n) is 3.59. The summed E-state index contributed by atoms with van der Waals surface area (Å²) in [5, 5.41) is 0. The van der Waals surface area contributed by atoms with Crippen molar-refractivity contribution in [3.8, 4) is 0 Å². The molecule has 1 heteroatoms. The van der Waals surface area contributed by atoms with Crippen LogP contribution in [0.4, 0.5) is 0 Å². The van der Waals surface area contributed by atoms with E-state index in [1.54, 1.807) is 0 Å². The third-order valence-electron chi connectivity index (χ3n) is 2.30. The molecule has 0 heterocycles. The molecule has 0 unspecified atom stereocenters. The Bertz CT molecular complexity index is 88.9. The molecule has 11 heavy (non-hydrogen) atoms. The molecule has 68 valence electrons. The molecule has 0 spiro atoms. The first-order valence-corrected chi connectivity index (χ1v) is 4.89. The molecule has 1 nitrogen and oxygen atoms in total. The van der Waals surface area contributed by atoms with Crippen LogP contribution in [0.5, 0.6) is 0 Å². The highest BCUT2D eigenvalue weighted by Crippen LogP contribution is 2.08. The van der Waals surface area contributed by atoms with E-state index in [4.69, 9.17) is 0 Å². The van der Waals surface area contributed by atoms with Gasteiger partial charge in [0.25, 0.3) is 0 Å². The fraction of sp³-hybridized carbons (Fsp3) is 1.00. The molecular weight excluding hydrogens is 134 g/mol. The topological polar surface area (TPSA) is 3.24 Å². The van der Waals surface area contributed by atoms with E-state index in [0.717, 1.165) is 6.04 Å². The van der Waals surface area contributed by atoms with E-state index in [2.05, 4.69) is 39.5 Å². The van der Waals surface area contributed by atoms with Gasteiger partial charge in [-0.2, -0.15) is 0 Å². The molecule has 0 saturated heterocycles. The van der Waals surface area contributed by atoms with Gasteiger partial charge in [-0.25, -0.2) is 0 Å². The largest absolute Gasteiger partial charge is 0.298 e. The maximum atomic E-state index is 2.57. The Morgan fingerprint density at radius 2 is 1.64 bits per heavy atom. The minimum atomic E-state index is 0.699. The monoisotopic (exact) mass is 157 g/mol. The Balaban J connectivity index is 3.87. The van der Waals surface area contributed by atoms with Gasteiger partial charge in [0, 0.05) is 12.1 Å². The first-order chi connectivity index (χ1) is 5.13. The molecule has 0 aliphatic rings. The molecule has 0 fully saturated rings. The lowest BCUT2D eigenvalue weighted by molar-refractivity contribution is 0.160. The molecule has 0 rings (SSSR count). The second-order valence-corrected chi connectivity index (χ2v) is 3.59. The molecule has 0 aliphatic heterocycles. The van der Waals surface area contributed by atoms with Crippen LogP contribution in [0, 0.1) is 0 Å². The van der Waals surface area contributed by atoms with Gasteiger partial charge < -0.3 is 0 Å². The summed E-state index contributed by atoms with van der Waals surface area (Å²) in [6.45, 7) is 12.6. The van der Waals surface area contributed by atoms with Crippen molar-refractivity contribution in [3.63, 3.8) is 0 Å². The molecule has 0 aromatic rings. The number of nitrogens with zero attached hydrogens (tertiary/aromatic N) is 1. The third-order valence-corrected chi connectivity index (χ3v) is 2.30. The quantitative estimate of drug-likeness (QED) is 0.593. The molecule has 0 amide bonds. The lowest BCUT2D eigenvalue weighted by Crippen LogP contribution is -2.38. The van der Waals surface area contributed by atoms with Gasteiger partial charge in [0.05, 0.1) is 0 Å². The van der Waals surface area contributed by atoms with Gasteiger partial charge in [0.15, 0.2) is 0 Å². The standard InChI is InChI=1S/C10H23N/c1-6-8-11(9(3)4)10(5)7-2/h9-10H,6-8H2,1-5H3/t10-/m1/s1. The predicted octanol–water partition coefficient (Wildman–Crippen LogP) is 2.91. The van der Waals surface area contributed by atoms with Crippen molar-refractivity contribution in [2.45, 2.75) is 59.5 Å². The van der Waals surface area contributed by atoms with E-state index >= 15 is 0 Å². The Hall–Kier alpha value is -0.0400. The van der Waals surface area contributed by atoms with Crippen molar-refractivity contribution >= 4 is 0 Å². The van der Waals surface area contributed by atoms with Gasteiger partial charge in [0.1, 0.15) is 0 Å². The summed E-state index contributed by atoms with van der Waals surface area (Å²) in [6, 6.07) is 1.44. The zero-order valence-corrected chi connectivity index (χ0v) is 8.72. The van der Waals surface area contributed by atoms with Crippen LogP contribution in [0.15, 0.2) is 0 Å². The van der Waals surface area contributed by atoms with Gasteiger partial charge in [-0.15, -0.1) is 0 Å². The predicted molar refractivity (Wildman–Crippen MR) is 51.9 cm³/mol. The average molecular weight is 157 g/mol. The molecule has 0 aromatic heterocycles. The minimum absolute atomic E-state index is 0.699. The van der Waals surface area contributed by atoms with E-state index in [9.17, 15) is 0 Å². The normalized spacial score (nSPS) is 14.5. The summed E-state index contributed by atoms with van der Waals surface area (Å²) < 4.78 is 0. The molecule has 0 radical (unpaired) electrons. The van der Waals surface area contributed by atoms with Gasteiger partial charge in [-0.1, -0.05) is 13.8 Å². The van der Waals surface area contributed by atoms with Crippen LogP contribution in [-0.4, -0.2) is 23.5 Å². The van der Waals surface area contributed by atoms with Crippen LogP contribution in [0.3, 0.4) is 0 Å². The van der Waals surface area contributed by atoms with Gasteiger partial charge in [0.2, 0.25) is 0 Å². The third kappa shape index (κ3) is 3.76. The van der Waals surface area contributed by atoms with E-state index in [-0.39, 0.29) is 0 Å². The van der Waals surface area contributed by atoms with Crippen molar-refractivity contribution in [3.05, 3.63) is 0 Å². The lowest BCUT2D eigenvalue weighted by Gasteiger charge is -2.31. The first kappa shape index (κ1) is 11.0. The summed E-state index contributed by atoms with van der Waals surface area (Å²) in [7, 11) is 0. The van der Waals surface area contributed by atoms with E-state index in [0.29, 0.717) is 6.04 Å². The zero-order valence-electron chi connectivity index (χ0n) is 8.72. The van der Waals surface area contributed by atoms with Gasteiger partial charge in [-0.05, 0) is 40.2 Å². The highest BCUT2D eigenvalue weighted by atomic mass is 15.2. The summed E-state index contributed by atoms with van der Waals surface area (Å²) in [5.74, 6) is 0. The highest BCUT2D eigenvalue weighted by molar-refractivity contribution is 4.68. The van der Waals surface area contributed by atoms with Crippen molar-refractivity contribution in [2.24, 2.45) is 0 Å². The number of hydrogen-bond donors (Lipinski definition) is 0. The summed E-state index contributed by atoms with van der Waals surface area (Å²) >= 11 is 0. The van der Waals surface area contributed by atoms with Crippen LogP contribution in [0.25, 0.3) is 0 Å². The first-order valence-electron chi connectivity index (χ1n) is 4.89. The molecule has 0 N–H and O–H groups in total. The Morgan fingerprint density at radius 1 is 1.09 bits per heavy atom. The molecule has 0 aromatic carbocycles. The minimum Gasteiger partial charge on any atom is -0.298 e. The number of hydrogen-bond acceptors (Lipinski definition) is 1.